The predicted octanol–water partition coefficient (Wildman–Crippen LogP) is 3.57. The number of para-hydroxylation sites is 1. The van der Waals surface area contributed by atoms with Crippen LogP contribution in [0.15, 0.2) is 41.0 Å². The zero-order valence-electron chi connectivity index (χ0n) is 14.2. The number of benzene rings is 1. The number of ether oxygens (including phenoxy) is 1. The third-order valence-corrected chi connectivity index (χ3v) is 5.25. The quantitative estimate of drug-likeness (QED) is 0.652. The number of amides is 1. The first-order valence-electron chi connectivity index (χ1n) is 7.79. The third-order valence-electron chi connectivity index (χ3n) is 4.05. The number of aromatic nitrogens is 1. The molecule has 7 heteroatoms. The molecule has 1 amide bonds. The van der Waals surface area contributed by atoms with Gasteiger partial charge in [0, 0.05) is 7.05 Å². The van der Waals surface area contributed by atoms with E-state index >= 15 is 0 Å². The number of rotatable bonds is 5. The SMILES string of the molecule is Cc1occc1C(=O)OCC(=O)N(C)[C@H](C)c1nc2ccccc2s1. The van der Waals surface area contributed by atoms with Crippen molar-refractivity contribution in [1.82, 2.24) is 9.88 Å². The van der Waals surface area contributed by atoms with E-state index in [1.807, 2.05) is 31.2 Å². The molecule has 130 valence electrons. The van der Waals surface area contributed by atoms with Crippen molar-refractivity contribution in [1.29, 1.82) is 0 Å². The fourth-order valence-corrected chi connectivity index (χ4v) is 3.42. The Balaban J connectivity index is 1.63. The smallest absolute Gasteiger partial charge is 0.342 e. The van der Waals surface area contributed by atoms with Crippen molar-refractivity contribution < 1.29 is 18.7 Å². The maximum absolute atomic E-state index is 12.3. The van der Waals surface area contributed by atoms with Crippen molar-refractivity contribution in [3.05, 3.63) is 52.9 Å². The van der Waals surface area contributed by atoms with E-state index in [9.17, 15) is 9.59 Å². The van der Waals surface area contributed by atoms with Gasteiger partial charge in [0.05, 0.1) is 22.5 Å². The summed E-state index contributed by atoms with van der Waals surface area (Å²) in [6.45, 7) is 3.24. The number of carbonyl (C=O) groups is 2. The second-order valence-electron chi connectivity index (χ2n) is 5.67. The Morgan fingerprint density at radius 2 is 2.08 bits per heavy atom. The molecule has 2 heterocycles. The van der Waals surface area contributed by atoms with Crippen molar-refractivity contribution in [3.63, 3.8) is 0 Å². The molecule has 3 rings (SSSR count). The molecule has 0 radical (unpaired) electrons. The topological polar surface area (TPSA) is 72.6 Å². The van der Waals surface area contributed by atoms with Gasteiger partial charge in [0.15, 0.2) is 6.61 Å². The fourth-order valence-electron chi connectivity index (χ4n) is 2.35. The summed E-state index contributed by atoms with van der Waals surface area (Å²) in [4.78, 5) is 30.4. The number of aryl methyl sites for hydroxylation is 1. The highest BCUT2D eigenvalue weighted by Gasteiger charge is 2.22. The zero-order chi connectivity index (χ0) is 18.0. The van der Waals surface area contributed by atoms with Gasteiger partial charge in [-0.15, -0.1) is 11.3 Å². The number of furan rings is 1. The van der Waals surface area contributed by atoms with Gasteiger partial charge in [-0.25, -0.2) is 9.78 Å². The van der Waals surface area contributed by atoms with E-state index in [4.69, 9.17) is 9.15 Å². The van der Waals surface area contributed by atoms with Gasteiger partial charge in [0.25, 0.3) is 5.91 Å². The summed E-state index contributed by atoms with van der Waals surface area (Å²) in [7, 11) is 1.68. The van der Waals surface area contributed by atoms with Crippen LogP contribution in [0.1, 0.15) is 34.1 Å². The third kappa shape index (κ3) is 3.56. The number of nitrogens with zero attached hydrogens (tertiary/aromatic N) is 2. The maximum atomic E-state index is 12.3. The molecule has 1 aromatic carbocycles. The molecule has 0 aliphatic carbocycles. The van der Waals surface area contributed by atoms with Gasteiger partial charge in [0.2, 0.25) is 0 Å². The van der Waals surface area contributed by atoms with Crippen molar-refractivity contribution >= 4 is 33.4 Å². The first kappa shape index (κ1) is 17.2. The molecule has 0 aliphatic heterocycles. The lowest BCUT2D eigenvalue weighted by Crippen LogP contribution is -2.33. The Kier molecular flexibility index (Phi) is 4.85. The maximum Gasteiger partial charge on any atom is 0.342 e. The Labute approximate surface area is 149 Å². The molecule has 1 atom stereocenters. The molecule has 0 aliphatic rings. The lowest BCUT2D eigenvalue weighted by molar-refractivity contribution is -0.135. The van der Waals surface area contributed by atoms with Crippen LogP contribution in [0.4, 0.5) is 0 Å². The Bertz CT molecular complexity index is 882. The van der Waals surface area contributed by atoms with E-state index in [0.29, 0.717) is 11.3 Å². The summed E-state index contributed by atoms with van der Waals surface area (Å²) in [6.07, 6.45) is 1.41. The molecule has 25 heavy (non-hydrogen) atoms. The number of hydrogen-bond acceptors (Lipinski definition) is 6. The van der Waals surface area contributed by atoms with Gasteiger partial charge in [-0.3, -0.25) is 4.79 Å². The van der Waals surface area contributed by atoms with Crippen molar-refractivity contribution in [2.75, 3.05) is 13.7 Å². The molecule has 2 aromatic heterocycles. The van der Waals surface area contributed by atoms with E-state index < -0.39 is 5.97 Å². The molecule has 0 bridgehead atoms. The number of esters is 1. The summed E-state index contributed by atoms with van der Waals surface area (Å²) in [6, 6.07) is 9.15. The van der Waals surface area contributed by atoms with E-state index in [1.165, 1.54) is 17.2 Å². The van der Waals surface area contributed by atoms with Gasteiger partial charge >= 0.3 is 5.97 Å². The molecule has 0 saturated heterocycles. The Hall–Kier alpha value is -2.67. The van der Waals surface area contributed by atoms with E-state index in [-0.39, 0.29) is 18.6 Å². The van der Waals surface area contributed by atoms with Crippen molar-refractivity contribution in [2.24, 2.45) is 0 Å². The molecule has 0 fully saturated rings. The van der Waals surface area contributed by atoms with Gasteiger partial charge < -0.3 is 14.1 Å². The van der Waals surface area contributed by atoms with Crippen LogP contribution in [0.2, 0.25) is 0 Å². The first-order chi connectivity index (χ1) is 12.0. The van der Waals surface area contributed by atoms with Crippen LogP contribution < -0.4 is 0 Å². The highest BCUT2D eigenvalue weighted by Crippen LogP contribution is 2.28. The molecule has 0 unspecified atom stereocenters. The van der Waals surface area contributed by atoms with Gasteiger partial charge in [-0.1, -0.05) is 12.1 Å². The van der Waals surface area contributed by atoms with Crippen LogP contribution in [0.3, 0.4) is 0 Å². The van der Waals surface area contributed by atoms with Gasteiger partial charge in [0.1, 0.15) is 16.3 Å². The van der Waals surface area contributed by atoms with E-state index in [1.54, 1.807) is 25.3 Å². The number of fused-ring (bicyclic) bond motifs is 1. The Morgan fingerprint density at radius 1 is 1.32 bits per heavy atom. The number of thiazole rings is 1. The first-order valence-corrected chi connectivity index (χ1v) is 8.61. The summed E-state index contributed by atoms with van der Waals surface area (Å²) < 4.78 is 11.2. The minimum absolute atomic E-state index is 0.209. The summed E-state index contributed by atoms with van der Waals surface area (Å²) in [5.74, 6) is -0.393. The lowest BCUT2D eigenvalue weighted by Gasteiger charge is -2.23. The largest absolute Gasteiger partial charge is 0.469 e. The van der Waals surface area contributed by atoms with Crippen LogP contribution in [-0.4, -0.2) is 35.4 Å². The highest BCUT2D eigenvalue weighted by atomic mass is 32.1. The minimum Gasteiger partial charge on any atom is -0.469 e. The second-order valence-corrected chi connectivity index (χ2v) is 6.73. The van der Waals surface area contributed by atoms with Crippen LogP contribution in [-0.2, 0) is 9.53 Å². The minimum atomic E-state index is -0.569. The molecule has 3 aromatic rings. The van der Waals surface area contributed by atoms with Crippen LogP contribution in [0.5, 0.6) is 0 Å². The van der Waals surface area contributed by atoms with Crippen molar-refractivity contribution in [3.8, 4) is 0 Å². The number of carbonyl (C=O) groups excluding carboxylic acids is 2. The molecule has 0 N–H and O–H groups in total. The lowest BCUT2D eigenvalue weighted by atomic mass is 10.3. The van der Waals surface area contributed by atoms with Crippen LogP contribution in [0, 0.1) is 6.92 Å². The second kappa shape index (κ2) is 7.06. The average molecular weight is 358 g/mol. The molecular formula is C18H18N2O4S. The molecule has 6 nitrogen and oxygen atoms in total. The fraction of sp³-hybridized carbons (Fsp3) is 0.278. The van der Waals surface area contributed by atoms with Gasteiger partial charge in [-0.05, 0) is 32.0 Å². The zero-order valence-corrected chi connectivity index (χ0v) is 15.0. The monoisotopic (exact) mass is 358 g/mol. The van der Waals surface area contributed by atoms with E-state index in [0.717, 1.165) is 15.2 Å². The molecular weight excluding hydrogens is 340 g/mol. The van der Waals surface area contributed by atoms with E-state index in [2.05, 4.69) is 4.98 Å². The Morgan fingerprint density at radius 3 is 2.76 bits per heavy atom. The van der Waals surface area contributed by atoms with Crippen LogP contribution >= 0.6 is 11.3 Å². The highest BCUT2D eigenvalue weighted by molar-refractivity contribution is 7.18. The molecule has 0 spiro atoms. The summed E-state index contributed by atoms with van der Waals surface area (Å²) in [5.41, 5.74) is 1.24. The predicted molar refractivity (Wildman–Crippen MR) is 94.5 cm³/mol. The summed E-state index contributed by atoms with van der Waals surface area (Å²) >= 11 is 1.55. The number of hydrogen-bond donors (Lipinski definition) is 0. The molecule has 0 saturated carbocycles. The van der Waals surface area contributed by atoms with Gasteiger partial charge in [-0.2, -0.15) is 0 Å². The number of likely N-dealkylation sites (N-methyl/N-ethyl adjacent to an activating group) is 1. The van der Waals surface area contributed by atoms with Crippen LogP contribution in [0.25, 0.3) is 10.2 Å². The average Bonchev–Trinajstić information content (AvgIpc) is 3.23. The normalized spacial score (nSPS) is 12.1. The summed E-state index contributed by atoms with van der Waals surface area (Å²) in [5, 5.41) is 0.842. The standard InChI is InChI=1S/C18H18N2O4S/c1-11(17-19-14-6-4-5-7-15(14)25-17)20(3)16(21)10-24-18(22)13-8-9-23-12(13)2/h4-9,11H,10H2,1-3H3/t11-/m1/s1. The van der Waals surface area contributed by atoms with Crippen molar-refractivity contribution in [2.45, 2.75) is 19.9 Å².